The van der Waals surface area contributed by atoms with Crippen molar-refractivity contribution in [1.29, 1.82) is 0 Å². The van der Waals surface area contributed by atoms with E-state index in [2.05, 4.69) is 49.9 Å². The minimum Gasteiger partial charge on any atom is -0.372 e. The fourth-order valence-electron chi connectivity index (χ4n) is 1.87. The lowest BCUT2D eigenvalue weighted by atomic mass is 10.0. The van der Waals surface area contributed by atoms with Crippen LogP contribution in [0.3, 0.4) is 0 Å². The quantitative estimate of drug-likeness (QED) is 0.802. The van der Waals surface area contributed by atoms with E-state index >= 15 is 0 Å². The van der Waals surface area contributed by atoms with Crippen molar-refractivity contribution in [3.05, 3.63) is 29.8 Å². The molecule has 0 radical (unpaired) electrons. The van der Waals surface area contributed by atoms with Crippen molar-refractivity contribution in [1.82, 2.24) is 0 Å². The van der Waals surface area contributed by atoms with Crippen molar-refractivity contribution in [3.8, 4) is 0 Å². The number of rotatable bonds is 5. The lowest BCUT2D eigenvalue weighted by molar-refractivity contribution is 0.692. The molecule has 0 spiro atoms. The van der Waals surface area contributed by atoms with Crippen molar-refractivity contribution in [2.24, 2.45) is 5.73 Å². The Bertz CT molecular complexity index is 292. The molecule has 0 amide bonds. The van der Waals surface area contributed by atoms with Gasteiger partial charge in [-0.3, -0.25) is 0 Å². The largest absolute Gasteiger partial charge is 0.372 e. The smallest absolute Gasteiger partial charge is 0.0414 e. The summed E-state index contributed by atoms with van der Waals surface area (Å²) >= 11 is 0. The van der Waals surface area contributed by atoms with Crippen LogP contribution in [0.1, 0.15) is 38.8 Å². The molecule has 0 aliphatic rings. The van der Waals surface area contributed by atoms with Crippen molar-refractivity contribution in [2.45, 2.75) is 33.2 Å². The number of hydrogen-bond donors (Lipinski definition) is 1. The van der Waals surface area contributed by atoms with E-state index in [0.717, 1.165) is 19.5 Å². The van der Waals surface area contributed by atoms with Crippen LogP contribution in [0.2, 0.25) is 0 Å². The second-order valence-corrected chi connectivity index (χ2v) is 3.75. The minimum atomic E-state index is 0.154. The average molecular weight is 206 g/mol. The Morgan fingerprint density at radius 3 is 2.27 bits per heavy atom. The summed E-state index contributed by atoms with van der Waals surface area (Å²) in [6.45, 7) is 8.55. The van der Waals surface area contributed by atoms with E-state index in [1.165, 1.54) is 11.3 Å². The van der Waals surface area contributed by atoms with Gasteiger partial charge in [0.15, 0.2) is 0 Å². The number of para-hydroxylation sites is 1. The van der Waals surface area contributed by atoms with Crippen LogP contribution in [-0.2, 0) is 0 Å². The molecule has 0 bridgehead atoms. The first-order chi connectivity index (χ1) is 7.24. The molecule has 84 valence electrons. The molecule has 1 aromatic rings. The van der Waals surface area contributed by atoms with Crippen LogP contribution in [0.5, 0.6) is 0 Å². The zero-order valence-corrected chi connectivity index (χ0v) is 10.0. The Kier molecular flexibility index (Phi) is 4.63. The van der Waals surface area contributed by atoms with Crippen LogP contribution in [0, 0.1) is 0 Å². The zero-order valence-electron chi connectivity index (χ0n) is 10.0. The van der Waals surface area contributed by atoms with E-state index in [9.17, 15) is 0 Å². The molecular formula is C13H22N2. The van der Waals surface area contributed by atoms with Gasteiger partial charge in [0, 0.05) is 24.8 Å². The Morgan fingerprint density at radius 1 is 1.13 bits per heavy atom. The highest BCUT2D eigenvalue weighted by Crippen LogP contribution is 2.26. The second kappa shape index (κ2) is 5.76. The monoisotopic (exact) mass is 206 g/mol. The molecular weight excluding hydrogens is 184 g/mol. The van der Waals surface area contributed by atoms with Gasteiger partial charge in [0.05, 0.1) is 0 Å². The van der Waals surface area contributed by atoms with Gasteiger partial charge in [-0.25, -0.2) is 0 Å². The van der Waals surface area contributed by atoms with Gasteiger partial charge in [0.1, 0.15) is 0 Å². The standard InChI is InChI=1S/C13H22N2/c1-4-12(14)11-9-7-8-10-13(11)15(5-2)6-3/h7-10,12H,4-6,14H2,1-3H3. The highest BCUT2D eigenvalue weighted by molar-refractivity contribution is 5.54. The maximum Gasteiger partial charge on any atom is 0.0414 e. The van der Waals surface area contributed by atoms with Crippen molar-refractivity contribution >= 4 is 5.69 Å². The number of benzene rings is 1. The third kappa shape index (κ3) is 2.72. The summed E-state index contributed by atoms with van der Waals surface area (Å²) in [5.74, 6) is 0. The van der Waals surface area contributed by atoms with Crippen LogP contribution >= 0.6 is 0 Å². The molecule has 0 aliphatic carbocycles. The second-order valence-electron chi connectivity index (χ2n) is 3.75. The lowest BCUT2D eigenvalue weighted by Crippen LogP contribution is -2.24. The topological polar surface area (TPSA) is 29.3 Å². The Labute approximate surface area is 93.1 Å². The molecule has 1 atom stereocenters. The van der Waals surface area contributed by atoms with Crippen molar-refractivity contribution in [3.63, 3.8) is 0 Å². The summed E-state index contributed by atoms with van der Waals surface area (Å²) in [6, 6.07) is 8.61. The maximum absolute atomic E-state index is 6.12. The van der Waals surface area contributed by atoms with E-state index in [1.54, 1.807) is 0 Å². The summed E-state index contributed by atoms with van der Waals surface area (Å²) < 4.78 is 0. The molecule has 0 saturated heterocycles. The summed E-state index contributed by atoms with van der Waals surface area (Å²) in [5.41, 5.74) is 8.67. The van der Waals surface area contributed by atoms with Gasteiger partial charge in [-0.2, -0.15) is 0 Å². The molecule has 2 N–H and O–H groups in total. The SMILES string of the molecule is CCC(N)c1ccccc1N(CC)CC. The van der Waals surface area contributed by atoms with E-state index in [4.69, 9.17) is 5.73 Å². The van der Waals surface area contributed by atoms with Crippen LogP contribution in [0.4, 0.5) is 5.69 Å². The highest BCUT2D eigenvalue weighted by Gasteiger charge is 2.11. The predicted molar refractivity (Wildman–Crippen MR) is 67.2 cm³/mol. The molecule has 1 aromatic carbocycles. The van der Waals surface area contributed by atoms with E-state index in [0.29, 0.717) is 0 Å². The van der Waals surface area contributed by atoms with Gasteiger partial charge in [-0.05, 0) is 31.9 Å². The van der Waals surface area contributed by atoms with Crippen molar-refractivity contribution < 1.29 is 0 Å². The molecule has 15 heavy (non-hydrogen) atoms. The van der Waals surface area contributed by atoms with Crippen molar-refractivity contribution in [2.75, 3.05) is 18.0 Å². The van der Waals surface area contributed by atoms with E-state index in [1.807, 2.05) is 0 Å². The van der Waals surface area contributed by atoms with Gasteiger partial charge >= 0.3 is 0 Å². The molecule has 1 rings (SSSR count). The third-order valence-corrected chi connectivity index (χ3v) is 2.88. The Balaban J connectivity index is 3.04. The van der Waals surface area contributed by atoms with Gasteiger partial charge in [0.25, 0.3) is 0 Å². The average Bonchev–Trinajstić information content (AvgIpc) is 2.30. The molecule has 1 unspecified atom stereocenters. The first kappa shape index (κ1) is 12.1. The van der Waals surface area contributed by atoms with E-state index < -0.39 is 0 Å². The zero-order chi connectivity index (χ0) is 11.3. The highest BCUT2D eigenvalue weighted by atomic mass is 15.1. The molecule has 0 fully saturated rings. The molecule has 0 heterocycles. The summed E-state index contributed by atoms with van der Waals surface area (Å²) in [4.78, 5) is 2.35. The summed E-state index contributed by atoms with van der Waals surface area (Å²) in [6.07, 6.45) is 0.984. The van der Waals surface area contributed by atoms with Gasteiger partial charge in [-0.15, -0.1) is 0 Å². The maximum atomic E-state index is 6.12. The van der Waals surface area contributed by atoms with Crippen LogP contribution < -0.4 is 10.6 Å². The number of anilines is 1. The fraction of sp³-hybridized carbons (Fsp3) is 0.538. The molecule has 0 aromatic heterocycles. The number of nitrogens with zero attached hydrogens (tertiary/aromatic N) is 1. The van der Waals surface area contributed by atoms with Gasteiger partial charge in [0.2, 0.25) is 0 Å². The summed E-state index contributed by atoms with van der Waals surface area (Å²) in [5, 5.41) is 0. The Hall–Kier alpha value is -1.02. The third-order valence-electron chi connectivity index (χ3n) is 2.88. The van der Waals surface area contributed by atoms with Crippen LogP contribution in [0.25, 0.3) is 0 Å². The number of hydrogen-bond acceptors (Lipinski definition) is 2. The Morgan fingerprint density at radius 2 is 1.73 bits per heavy atom. The van der Waals surface area contributed by atoms with Gasteiger partial charge < -0.3 is 10.6 Å². The van der Waals surface area contributed by atoms with Gasteiger partial charge in [-0.1, -0.05) is 25.1 Å². The molecule has 2 nitrogen and oxygen atoms in total. The molecule has 0 aliphatic heterocycles. The first-order valence-electron chi connectivity index (χ1n) is 5.83. The number of nitrogens with two attached hydrogens (primary N) is 1. The molecule has 0 saturated carbocycles. The molecule has 2 heteroatoms. The normalized spacial score (nSPS) is 12.5. The minimum absolute atomic E-state index is 0.154. The first-order valence-corrected chi connectivity index (χ1v) is 5.83. The van der Waals surface area contributed by atoms with E-state index in [-0.39, 0.29) is 6.04 Å². The van der Waals surface area contributed by atoms with Crippen LogP contribution in [0.15, 0.2) is 24.3 Å². The fourth-order valence-corrected chi connectivity index (χ4v) is 1.87. The lowest BCUT2D eigenvalue weighted by Gasteiger charge is -2.26. The predicted octanol–water partition coefficient (Wildman–Crippen LogP) is 2.94. The van der Waals surface area contributed by atoms with Crippen LogP contribution in [-0.4, -0.2) is 13.1 Å². The summed E-state index contributed by atoms with van der Waals surface area (Å²) in [7, 11) is 0.